The predicted octanol–water partition coefficient (Wildman–Crippen LogP) is 2.58. The van der Waals surface area contributed by atoms with Crippen LogP contribution in [0.1, 0.15) is 20.3 Å². The summed E-state index contributed by atoms with van der Waals surface area (Å²) in [6, 6.07) is 10.4. The van der Waals surface area contributed by atoms with Crippen LogP contribution >= 0.6 is 0 Å². The number of hydrogen-bond donors (Lipinski definition) is 1. The Kier molecular flexibility index (Phi) is 6.71. The quantitative estimate of drug-likeness (QED) is 0.907. The summed E-state index contributed by atoms with van der Waals surface area (Å²) in [6.07, 6.45) is 1.05. The average Bonchev–Trinajstić information content (AvgIpc) is 2.82. The van der Waals surface area contributed by atoms with Crippen molar-refractivity contribution >= 4 is 11.7 Å². The topological polar surface area (TPSA) is 44.8 Å². The van der Waals surface area contributed by atoms with Gasteiger partial charge in [0.15, 0.2) is 0 Å². The highest BCUT2D eigenvalue weighted by Gasteiger charge is 2.20. The van der Waals surface area contributed by atoms with Gasteiger partial charge in [-0.1, -0.05) is 32.0 Å². The molecule has 0 spiro atoms. The smallest absolute Gasteiger partial charge is 0.317 e. The Bertz CT molecular complexity index is 478. The summed E-state index contributed by atoms with van der Waals surface area (Å²) in [5, 5.41) is 3.01. The number of nitrogens with zero attached hydrogens (tertiary/aromatic N) is 2. The van der Waals surface area contributed by atoms with Crippen molar-refractivity contribution in [3.63, 3.8) is 0 Å². The van der Waals surface area contributed by atoms with E-state index in [1.807, 2.05) is 11.0 Å². The number of anilines is 1. The van der Waals surface area contributed by atoms with E-state index in [0.29, 0.717) is 12.5 Å². The van der Waals surface area contributed by atoms with Crippen molar-refractivity contribution in [2.45, 2.75) is 26.4 Å². The third-order valence-corrected chi connectivity index (χ3v) is 4.41. The maximum absolute atomic E-state index is 12.4. The fraction of sp³-hybridized carbons (Fsp3) is 0.611. The molecule has 1 N–H and O–H groups in total. The Labute approximate surface area is 139 Å². The molecule has 2 amide bonds. The minimum Gasteiger partial charge on any atom is -0.379 e. The largest absolute Gasteiger partial charge is 0.379 e. The summed E-state index contributed by atoms with van der Waals surface area (Å²) in [4.78, 5) is 16.6. The predicted molar refractivity (Wildman–Crippen MR) is 93.9 cm³/mol. The van der Waals surface area contributed by atoms with Crippen LogP contribution in [-0.2, 0) is 4.74 Å². The van der Waals surface area contributed by atoms with Gasteiger partial charge in [-0.05, 0) is 24.5 Å². The maximum Gasteiger partial charge on any atom is 0.317 e. The van der Waals surface area contributed by atoms with E-state index in [9.17, 15) is 4.79 Å². The first-order valence-electron chi connectivity index (χ1n) is 8.47. The summed E-state index contributed by atoms with van der Waals surface area (Å²) < 4.78 is 5.41. The normalized spacial score (nSPS) is 17.0. The van der Waals surface area contributed by atoms with Gasteiger partial charge in [0.25, 0.3) is 0 Å². The molecule has 1 saturated heterocycles. The highest BCUT2D eigenvalue weighted by molar-refractivity contribution is 5.74. The zero-order valence-electron chi connectivity index (χ0n) is 14.5. The van der Waals surface area contributed by atoms with Gasteiger partial charge in [-0.2, -0.15) is 0 Å². The molecule has 0 saturated carbocycles. The van der Waals surface area contributed by atoms with Crippen LogP contribution in [-0.4, -0.2) is 56.9 Å². The Balaban J connectivity index is 1.84. The number of urea groups is 1. The van der Waals surface area contributed by atoms with Crippen LogP contribution in [0.15, 0.2) is 30.3 Å². The minimum atomic E-state index is 0.0163. The van der Waals surface area contributed by atoms with E-state index in [1.165, 1.54) is 5.69 Å². The molecule has 1 atom stereocenters. The van der Waals surface area contributed by atoms with Gasteiger partial charge in [-0.25, -0.2) is 4.79 Å². The molecule has 1 fully saturated rings. The van der Waals surface area contributed by atoms with E-state index in [-0.39, 0.29) is 12.1 Å². The number of amides is 2. The fourth-order valence-corrected chi connectivity index (χ4v) is 2.91. The maximum atomic E-state index is 12.4. The Morgan fingerprint density at radius 2 is 1.91 bits per heavy atom. The van der Waals surface area contributed by atoms with Crippen molar-refractivity contribution in [3.05, 3.63) is 30.3 Å². The molecular weight excluding hydrogens is 290 g/mol. The minimum absolute atomic E-state index is 0.0163. The molecule has 128 valence electrons. The number of carbonyl (C=O) groups excluding carboxylic acids is 1. The molecule has 1 aromatic carbocycles. The number of rotatable bonds is 5. The SMILES string of the molecule is CO[C@@H](CNC(=O)N1CCCN(c2ccccc2)CC1)C(C)C. The molecule has 0 aromatic heterocycles. The highest BCUT2D eigenvalue weighted by Crippen LogP contribution is 2.15. The second-order valence-corrected chi connectivity index (χ2v) is 6.37. The van der Waals surface area contributed by atoms with Gasteiger partial charge in [0, 0.05) is 45.5 Å². The summed E-state index contributed by atoms with van der Waals surface area (Å²) in [5.74, 6) is 0.387. The summed E-state index contributed by atoms with van der Waals surface area (Å²) in [5.41, 5.74) is 1.23. The van der Waals surface area contributed by atoms with Crippen molar-refractivity contribution in [1.82, 2.24) is 10.2 Å². The lowest BCUT2D eigenvalue weighted by molar-refractivity contribution is 0.0653. The lowest BCUT2D eigenvalue weighted by Gasteiger charge is -2.25. The lowest BCUT2D eigenvalue weighted by Crippen LogP contribution is -2.45. The molecule has 2 rings (SSSR count). The molecule has 1 aliphatic rings. The molecule has 1 aromatic rings. The van der Waals surface area contributed by atoms with E-state index in [1.54, 1.807) is 7.11 Å². The van der Waals surface area contributed by atoms with Crippen LogP contribution < -0.4 is 10.2 Å². The second-order valence-electron chi connectivity index (χ2n) is 6.37. The van der Waals surface area contributed by atoms with E-state index in [4.69, 9.17) is 4.74 Å². The molecule has 5 heteroatoms. The zero-order valence-corrected chi connectivity index (χ0v) is 14.5. The van der Waals surface area contributed by atoms with Gasteiger partial charge >= 0.3 is 6.03 Å². The Hall–Kier alpha value is -1.75. The van der Waals surface area contributed by atoms with E-state index in [2.05, 4.69) is 48.3 Å². The number of benzene rings is 1. The number of para-hydroxylation sites is 1. The van der Waals surface area contributed by atoms with Gasteiger partial charge in [0.1, 0.15) is 0 Å². The van der Waals surface area contributed by atoms with Crippen molar-refractivity contribution in [1.29, 1.82) is 0 Å². The van der Waals surface area contributed by atoms with E-state index < -0.39 is 0 Å². The summed E-state index contributed by atoms with van der Waals surface area (Å²) in [7, 11) is 1.69. The number of ether oxygens (including phenoxy) is 1. The standard InChI is InChI=1S/C18H29N3O2/c1-15(2)17(23-3)14-19-18(22)21-11-7-10-20(12-13-21)16-8-5-4-6-9-16/h4-6,8-9,15,17H,7,10-14H2,1-3H3,(H,19,22)/t17-/m0/s1. The van der Waals surface area contributed by atoms with Crippen molar-refractivity contribution in [3.8, 4) is 0 Å². The average molecular weight is 319 g/mol. The van der Waals surface area contributed by atoms with Gasteiger partial charge in [-0.3, -0.25) is 0 Å². The molecule has 0 bridgehead atoms. The van der Waals surface area contributed by atoms with E-state index >= 15 is 0 Å². The second kappa shape index (κ2) is 8.77. The molecule has 0 radical (unpaired) electrons. The first kappa shape index (κ1) is 17.6. The van der Waals surface area contributed by atoms with Gasteiger partial charge in [0.2, 0.25) is 0 Å². The first-order valence-corrected chi connectivity index (χ1v) is 8.47. The molecular formula is C18H29N3O2. The van der Waals surface area contributed by atoms with Crippen LogP contribution in [0, 0.1) is 5.92 Å². The van der Waals surface area contributed by atoms with Crippen LogP contribution in [0.3, 0.4) is 0 Å². The van der Waals surface area contributed by atoms with Crippen LogP contribution in [0.4, 0.5) is 10.5 Å². The zero-order chi connectivity index (χ0) is 16.7. The van der Waals surface area contributed by atoms with E-state index in [0.717, 1.165) is 32.6 Å². The molecule has 0 unspecified atom stereocenters. The van der Waals surface area contributed by atoms with Crippen LogP contribution in [0.2, 0.25) is 0 Å². The molecule has 0 aliphatic carbocycles. The molecule has 23 heavy (non-hydrogen) atoms. The van der Waals surface area contributed by atoms with Crippen molar-refractivity contribution in [2.24, 2.45) is 5.92 Å². The number of hydrogen-bond acceptors (Lipinski definition) is 3. The lowest BCUT2D eigenvalue weighted by atomic mass is 10.1. The third-order valence-electron chi connectivity index (χ3n) is 4.41. The molecule has 1 heterocycles. The first-order chi connectivity index (χ1) is 11.1. The summed E-state index contributed by atoms with van der Waals surface area (Å²) in [6.45, 7) is 8.17. The number of methoxy groups -OCH3 is 1. The molecule has 5 nitrogen and oxygen atoms in total. The Morgan fingerprint density at radius 1 is 1.17 bits per heavy atom. The van der Waals surface area contributed by atoms with Gasteiger partial charge in [-0.15, -0.1) is 0 Å². The molecule has 1 aliphatic heterocycles. The highest BCUT2D eigenvalue weighted by atomic mass is 16.5. The number of carbonyl (C=O) groups is 1. The van der Waals surface area contributed by atoms with Crippen LogP contribution in [0.25, 0.3) is 0 Å². The third kappa shape index (κ3) is 5.13. The Morgan fingerprint density at radius 3 is 2.57 bits per heavy atom. The number of nitrogens with one attached hydrogen (secondary N) is 1. The monoisotopic (exact) mass is 319 g/mol. The summed E-state index contributed by atoms with van der Waals surface area (Å²) >= 11 is 0. The fourth-order valence-electron chi connectivity index (χ4n) is 2.91. The van der Waals surface area contributed by atoms with Crippen molar-refractivity contribution < 1.29 is 9.53 Å². The van der Waals surface area contributed by atoms with Gasteiger partial charge in [0.05, 0.1) is 6.10 Å². The van der Waals surface area contributed by atoms with Gasteiger partial charge < -0.3 is 19.9 Å². The van der Waals surface area contributed by atoms with Crippen LogP contribution in [0.5, 0.6) is 0 Å². The van der Waals surface area contributed by atoms with Crippen molar-refractivity contribution in [2.75, 3.05) is 44.7 Å².